The van der Waals surface area contributed by atoms with E-state index in [1.807, 2.05) is 49.1 Å². The molecule has 1 aliphatic rings. The molecule has 0 bridgehead atoms. The Labute approximate surface area is 90.9 Å². The highest BCUT2D eigenvalue weighted by molar-refractivity contribution is 5.99. The smallest absolute Gasteiger partial charge is 0.232 e. The van der Waals surface area contributed by atoms with Gasteiger partial charge in [-0.15, -0.1) is 0 Å². The van der Waals surface area contributed by atoms with Gasteiger partial charge in [-0.05, 0) is 18.1 Å². The molecule has 0 radical (unpaired) electrons. The van der Waals surface area contributed by atoms with E-state index in [0.29, 0.717) is 5.92 Å². The normalized spacial score (nSPS) is 24.6. The van der Waals surface area contributed by atoms with Crippen molar-refractivity contribution in [2.45, 2.75) is 20.8 Å². The highest BCUT2D eigenvalue weighted by Gasteiger charge is 2.44. The average Bonchev–Trinajstić information content (AvgIpc) is 2.44. The van der Waals surface area contributed by atoms with E-state index in [1.165, 1.54) is 0 Å². The molecule has 1 fully saturated rings. The van der Waals surface area contributed by atoms with E-state index in [0.717, 1.165) is 12.2 Å². The summed E-state index contributed by atoms with van der Waals surface area (Å²) >= 11 is 0. The zero-order chi connectivity index (χ0) is 11.1. The Hall–Kier alpha value is -1.31. The first-order valence-corrected chi connectivity index (χ1v) is 5.40. The van der Waals surface area contributed by atoms with Crippen LogP contribution in [0.1, 0.15) is 20.8 Å². The SMILES string of the molecule is CC1CN(c2ccccc2)C(=O)C1(C)C. The molecule has 1 atom stereocenters. The van der Waals surface area contributed by atoms with Crippen molar-refractivity contribution in [2.75, 3.05) is 11.4 Å². The molecule has 1 amide bonds. The van der Waals surface area contributed by atoms with Crippen LogP contribution in [0.5, 0.6) is 0 Å². The van der Waals surface area contributed by atoms with Gasteiger partial charge in [0.1, 0.15) is 0 Å². The molecule has 80 valence electrons. The molecule has 1 aromatic carbocycles. The van der Waals surface area contributed by atoms with E-state index < -0.39 is 0 Å². The standard InChI is InChI=1S/C13H17NO/c1-10-9-14(12(15)13(10,2)3)11-7-5-4-6-8-11/h4-8,10H,9H2,1-3H3. The van der Waals surface area contributed by atoms with Crippen LogP contribution in [0.3, 0.4) is 0 Å². The molecule has 0 aliphatic carbocycles. The number of benzene rings is 1. The summed E-state index contributed by atoms with van der Waals surface area (Å²) in [7, 11) is 0. The summed E-state index contributed by atoms with van der Waals surface area (Å²) < 4.78 is 0. The lowest BCUT2D eigenvalue weighted by atomic mass is 9.83. The number of para-hydroxylation sites is 1. The molecule has 0 aromatic heterocycles. The van der Waals surface area contributed by atoms with E-state index in [1.54, 1.807) is 0 Å². The van der Waals surface area contributed by atoms with Crippen LogP contribution in [0.25, 0.3) is 0 Å². The molecule has 1 aromatic rings. The van der Waals surface area contributed by atoms with Gasteiger partial charge < -0.3 is 4.90 Å². The lowest BCUT2D eigenvalue weighted by Gasteiger charge is -2.20. The van der Waals surface area contributed by atoms with Crippen molar-refractivity contribution in [3.05, 3.63) is 30.3 Å². The van der Waals surface area contributed by atoms with Crippen LogP contribution in [-0.4, -0.2) is 12.5 Å². The first-order chi connectivity index (χ1) is 7.03. The quantitative estimate of drug-likeness (QED) is 0.687. The molecule has 2 rings (SSSR count). The van der Waals surface area contributed by atoms with Crippen molar-refractivity contribution in [1.82, 2.24) is 0 Å². The van der Waals surface area contributed by atoms with Crippen LogP contribution in [0.4, 0.5) is 5.69 Å². The third-order valence-electron chi connectivity index (χ3n) is 3.55. The second-order valence-electron chi connectivity index (χ2n) is 4.87. The fourth-order valence-corrected chi connectivity index (χ4v) is 1.97. The number of hydrogen-bond acceptors (Lipinski definition) is 1. The van der Waals surface area contributed by atoms with Crippen molar-refractivity contribution >= 4 is 11.6 Å². The first-order valence-electron chi connectivity index (χ1n) is 5.40. The predicted octanol–water partition coefficient (Wildman–Crippen LogP) is 2.70. The van der Waals surface area contributed by atoms with E-state index in [2.05, 4.69) is 6.92 Å². The Kier molecular flexibility index (Phi) is 2.29. The summed E-state index contributed by atoms with van der Waals surface area (Å²) in [4.78, 5) is 14.1. The maximum atomic E-state index is 12.2. The summed E-state index contributed by atoms with van der Waals surface area (Å²) in [5.74, 6) is 0.645. The lowest BCUT2D eigenvalue weighted by Crippen LogP contribution is -2.31. The molecule has 0 saturated carbocycles. The second-order valence-corrected chi connectivity index (χ2v) is 4.87. The molecule has 0 N–H and O–H groups in total. The van der Waals surface area contributed by atoms with E-state index in [-0.39, 0.29) is 11.3 Å². The van der Waals surface area contributed by atoms with Gasteiger partial charge in [-0.25, -0.2) is 0 Å². The second kappa shape index (κ2) is 3.37. The highest BCUT2D eigenvalue weighted by atomic mass is 16.2. The molecule has 15 heavy (non-hydrogen) atoms. The number of nitrogens with zero attached hydrogens (tertiary/aromatic N) is 1. The van der Waals surface area contributed by atoms with Crippen molar-refractivity contribution < 1.29 is 4.79 Å². The van der Waals surface area contributed by atoms with Crippen LogP contribution in [0.15, 0.2) is 30.3 Å². The zero-order valence-corrected chi connectivity index (χ0v) is 9.53. The molecule has 0 spiro atoms. The van der Waals surface area contributed by atoms with Gasteiger partial charge in [0.25, 0.3) is 0 Å². The van der Waals surface area contributed by atoms with Crippen LogP contribution in [0.2, 0.25) is 0 Å². The maximum absolute atomic E-state index is 12.2. The Balaban J connectivity index is 2.32. The monoisotopic (exact) mass is 203 g/mol. The molecule has 1 unspecified atom stereocenters. The van der Waals surface area contributed by atoms with Gasteiger partial charge in [0.05, 0.1) is 0 Å². The third kappa shape index (κ3) is 1.54. The number of hydrogen-bond donors (Lipinski definition) is 0. The van der Waals surface area contributed by atoms with Crippen molar-refractivity contribution in [1.29, 1.82) is 0 Å². The van der Waals surface area contributed by atoms with Gasteiger partial charge in [-0.1, -0.05) is 39.0 Å². The maximum Gasteiger partial charge on any atom is 0.232 e. The van der Waals surface area contributed by atoms with Crippen molar-refractivity contribution in [2.24, 2.45) is 11.3 Å². The Bertz CT molecular complexity index is 369. The van der Waals surface area contributed by atoms with Crippen LogP contribution in [0, 0.1) is 11.3 Å². The molecule has 1 heterocycles. The Morgan fingerprint density at radius 3 is 2.33 bits per heavy atom. The number of amides is 1. The molecular formula is C13H17NO. The molecular weight excluding hydrogens is 186 g/mol. The number of carbonyl (C=O) groups is 1. The lowest BCUT2D eigenvalue weighted by molar-refractivity contribution is -0.125. The molecule has 1 aliphatic heterocycles. The minimum absolute atomic E-state index is 0.226. The van der Waals surface area contributed by atoms with Gasteiger partial charge in [-0.3, -0.25) is 4.79 Å². The number of anilines is 1. The van der Waals surface area contributed by atoms with Crippen LogP contribution >= 0.6 is 0 Å². The van der Waals surface area contributed by atoms with Crippen LogP contribution in [-0.2, 0) is 4.79 Å². The number of rotatable bonds is 1. The minimum atomic E-state index is -0.226. The van der Waals surface area contributed by atoms with E-state index in [4.69, 9.17) is 0 Å². The fraction of sp³-hybridized carbons (Fsp3) is 0.462. The number of carbonyl (C=O) groups excluding carboxylic acids is 1. The molecule has 2 heteroatoms. The topological polar surface area (TPSA) is 20.3 Å². The highest BCUT2D eigenvalue weighted by Crippen LogP contribution is 2.38. The third-order valence-corrected chi connectivity index (χ3v) is 3.55. The van der Waals surface area contributed by atoms with Crippen molar-refractivity contribution in [3.63, 3.8) is 0 Å². The molecule has 1 saturated heterocycles. The minimum Gasteiger partial charge on any atom is -0.312 e. The largest absolute Gasteiger partial charge is 0.312 e. The average molecular weight is 203 g/mol. The Morgan fingerprint density at radius 1 is 1.27 bits per heavy atom. The van der Waals surface area contributed by atoms with Gasteiger partial charge in [0, 0.05) is 17.6 Å². The summed E-state index contributed by atoms with van der Waals surface area (Å²) in [6.07, 6.45) is 0. The van der Waals surface area contributed by atoms with Gasteiger partial charge in [0.15, 0.2) is 0 Å². The van der Waals surface area contributed by atoms with Crippen molar-refractivity contribution in [3.8, 4) is 0 Å². The van der Waals surface area contributed by atoms with Gasteiger partial charge in [-0.2, -0.15) is 0 Å². The summed E-state index contributed by atoms with van der Waals surface area (Å²) in [5, 5.41) is 0. The summed E-state index contributed by atoms with van der Waals surface area (Å²) in [6, 6.07) is 9.90. The fourth-order valence-electron chi connectivity index (χ4n) is 1.97. The predicted molar refractivity (Wildman–Crippen MR) is 61.7 cm³/mol. The van der Waals surface area contributed by atoms with E-state index in [9.17, 15) is 4.79 Å². The van der Waals surface area contributed by atoms with Gasteiger partial charge >= 0.3 is 0 Å². The van der Waals surface area contributed by atoms with Crippen LogP contribution < -0.4 is 4.90 Å². The summed E-state index contributed by atoms with van der Waals surface area (Å²) in [6.45, 7) is 7.03. The molecule has 2 nitrogen and oxygen atoms in total. The van der Waals surface area contributed by atoms with Gasteiger partial charge in [0.2, 0.25) is 5.91 Å². The summed E-state index contributed by atoms with van der Waals surface area (Å²) in [5.41, 5.74) is 0.787. The first kappa shape index (κ1) is 10.2. The Morgan fingerprint density at radius 2 is 1.87 bits per heavy atom. The van der Waals surface area contributed by atoms with E-state index >= 15 is 0 Å². The zero-order valence-electron chi connectivity index (χ0n) is 9.53.